The van der Waals surface area contributed by atoms with Crippen LogP contribution in [0.1, 0.15) is 44.7 Å². The van der Waals surface area contributed by atoms with Crippen molar-refractivity contribution in [1.29, 1.82) is 0 Å². The maximum atomic E-state index is 13.5. The Morgan fingerprint density at radius 3 is 2.00 bits per heavy atom. The molecule has 3 rings (SSSR count). The van der Waals surface area contributed by atoms with E-state index in [0.717, 1.165) is 24.0 Å². The van der Waals surface area contributed by atoms with E-state index in [9.17, 15) is 9.59 Å². The lowest BCUT2D eigenvalue weighted by Gasteiger charge is -2.36. The van der Waals surface area contributed by atoms with E-state index in [0.29, 0.717) is 26.2 Å². The molecule has 2 aromatic rings. The van der Waals surface area contributed by atoms with Gasteiger partial charge >= 0.3 is 6.09 Å². The minimum absolute atomic E-state index is 0.0935. The Balaban J connectivity index is 1.73. The fraction of sp³-hybridized carbons (Fsp3) is 0.440. The maximum absolute atomic E-state index is 13.5. The first-order chi connectivity index (χ1) is 14.3. The summed E-state index contributed by atoms with van der Waals surface area (Å²) in [5.74, 6) is -0.116. The molecule has 1 fully saturated rings. The van der Waals surface area contributed by atoms with Crippen LogP contribution in [-0.2, 0) is 22.6 Å². The molecule has 0 aromatic heterocycles. The molecule has 30 heavy (non-hydrogen) atoms. The molecule has 2 amide bonds. The molecular formula is C25H32N2O3. The first kappa shape index (κ1) is 21.9. The molecule has 2 aromatic carbocycles. The Kier molecular flexibility index (Phi) is 7.14. The number of ether oxygens (including phenoxy) is 1. The highest BCUT2D eigenvalue weighted by Gasteiger charge is 2.33. The predicted molar refractivity (Wildman–Crippen MR) is 118 cm³/mol. The van der Waals surface area contributed by atoms with Crippen molar-refractivity contribution in [3.63, 3.8) is 0 Å². The Bertz CT molecular complexity index is 789. The molecule has 1 aliphatic rings. The van der Waals surface area contributed by atoms with Gasteiger partial charge in [0.15, 0.2) is 0 Å². The van der Waals surface area contributed by atoms with Crippen molar-refractivity contribution < 1.29 is 14.3 Å². The van der Waals surface area contributed by atoms with Gasteiger partial charge in [0.2, 0.25) is 5.91 Å². The molecule has 0 aliphatic carbocycles. The number of rotatable bonds is 5. The second-order valence-electron chi connectivity index (χ2n) is 8.93. The quantitative estimate of drug-likeness (QED) is 0.710. The van der Waals surface area contributed by atoms with Crippen LogP contribution in [-0.4, -0.2) is 40.5 Å². The number of carbonyl (C=O) groups is 2. The summed E-state index contributed by atoms with van der Waals surface area (Å²) < 4.78 is 5.52. The van der Waals surface area contributed by atoms with Gasteiger partial charge in [0.25, 0.3) is 0 Å². The topological polar surface area (TPSA) is 49.9 Å². The number of hydrogen-bond donors (Lipinski definition) is 0. The van der Waals surface area contributed by atoms with Crippen LogP contribution in [0.5, 0.6) is 0 Å². The smallest absolute Gasteiger partial charge is 0.410 e. The van der Waals surface area contributed by atoms with Crippen LogP contribution in [0.2, 0.25) is 0 Å². The van der Waals surface area contributed by atoms with Crippen LogP contribution in [0.4, 0.5) is 4.79 Å². The van der Waals surface area contributed by atoms with Crippen molar-refractivity contribution >= 4 is 12.0 Å². The molecule has 0 saturated carbocycles. The standard InChI is InChI=1S/C25H32N2O3/c1-25(2,3)30-24(29)26-16-10-15-22(19-26)23(28)27(17-20-11-6-4-7-12-20)18-21-13-8-5-9-14-21/h4-9,11-14,22H,10,15-19H2,1-3H3. The summed E-state index contributed by atoms with van der Waals surface area (Å²) in [5.41, 5.74) is 1.66. The highest BCUT2D eigenvalue weighted by atomic mass is 16.6. The molecule has 1 saturated heterocycles. The van der Waals surface area contributed by atoms with Gasteiger partial charge in [0.1, 0.15) is 5.60 Å². The van der Waals surface area contributed by atoms with Crippen LogP contribution >= 0.6 is 0 Å². The maximum Gasteiger partial charge on any atom is 0.410 e. The second kappa shape index (κ2) is 9.79. The van der Waals surface area contributed by atoms with Crippen molar-refractivity contribution in [2.75, 3.05) is 13.1 Å². The summed E-state index contributed by atoms with van der Waals surface area (Å²) in [6, 6.07) is 20.1. The molecule has 1 unspecified atom stereocenters. The first-order valence-corrected chi connectivity index (χ1v) is 10.7. The molecule has 0 bridgehead atoms. The van der Waals surface area contributed by atoms with Crippen LogP contribution in [0.3, 0.4) is 0 Å². The SMILES string of the molecule is CC(C)(C)OC(=O)N1CCCC(C(=O)N(Cc2ccccc2)Cc2ccccc2)C1. The van der Waals surface area contributed by atoms with Crippen molar-refractivity contribution in [2.24, 2.45) is 5.92 Å². The number of piperidine rings is 1. The van der Waals surface area contributed by atoms with Gasteiger partial charge in [-0.15, -0.1) is 0 Å². The number of hydrogen-bond acceptors (Lipinski definition) is 3. The van der Waals surface area contributed by atoms with Gasteiger partial charge in [0, 0.05) is 26.2 Å². The van der Waals surface area contributed by atoms with Crippen LogP contribution < -0.4 is 0 Å². The zero-order valence-electron chi connectivity index (χ0n) is 18.2. The van der Waals surface area contributed by atoms with Gasteiger partial charge in [-0.3, -0.25) is 4.79 Å². The average Bonchev–Trinajstić information content (AvgIpc) is 2.73. The molecule has 5 heteroatoms. The van der Waals surface area contributed by atoms with Crippen molar-refractivity contribution in [1.82, 2.24) is 9.80 Å². The number of amides is 2. The molecule has 160 valence electrons. The predicted octanol–water partition coefficient (Wildman–Crippen LogP) is 4.86. The molecule has 1 heterocycles. The third kappa shape index (κ3) is 6.34. The van der Waals surface area contributed by atoms with Gasteiger partial charge in [-0.25, -0.2) is 4.79 Å². The molecule has 5 nitrogen and oxygen atoms in total. The fourth-order valence-corrected chi connectivity index (χ4v) is 3.75. The summed E-state index contributed by atoms with van der Waals surface area (Å²) in [5, 5.41) is 0. The van der Waals surface area contributed by atoms with Gasteiger partial charge < -0.3 is 14.5 Å². The highest BCUT2D eigenvalue weighted by Crippen LogP contribution is 2.23. The van der Waals surface area contributed by atoms with Crippen LogP contribution in [0.25, 0.3) is 0 Å². The van der Waals surface area contributed by atoms with Gasteiger partial charge in [-0.1, -0.05) is 60.7 Å². The zero-order valence-corrected chi connectivity index (χ0v) is 18.2. The van der Waals surface area contributed by atoms with Crippen molar-refractivity contribution in [3.8, 4) is 0 Å². The molecule has 0 radical (unpaired) electrons. The zero-order chi connectivity index (χ0) is 21.6. The Morgan fingerprint density at radius 1 is 0.967 bits per heavy atom. The lowest BCUT2D eigenvalue weighted by Crippen LogP contribution is -2.47. The first-order valence-electron chi connectivity index (χ1n) is 10.7. The Labute approximate surface area is 179 Å². The van der Waals surface area contributed by atoms with Gasteiger partial charge in [-0.05, 0) is 44.7 Å². The normalized spacial score (nSPS) is 16.8. The van der Waals surface area contributed by atoms with Gasteiger partial charge in [-0.2, -0.15) is 0 Å². The molecule has 0 spiro atoms. The monoisotopic (exact) mass is 408 g/mol. The molecular weight excluding hydrogens is 376 g/mol. The van der Waals surface area contributed by atoms with E-state index < -0.39 is 5.60 Å². The third-order valence-corrected chi connectivity index (χ3v) is 5.17. The third-order valence-electron chi connectivity index (χ3n) is 5.17. The van der Waals surface area contributed by atoms with E-state index in [1.807, 2.05) is 86.3 Å². The van der Waals surface area contributed by atoms with E-state index in [2.05, 4.69) is 0 Å². The average molecular weight is 409 g/mol. The van der Waals surface area contributed by atoms with Gasteiger partial charge in [0.05, 0.1) is 5.92 Å². The van der Waals surface area contributed by atoms with Crippen LogP contribution in [0, 0.1) is 5.92 Å². The van der Waals surface area contributed by atoms with E-state index in [-0.39, 0.29) is 17.9 Å². The largest absolute Gasteiger partial charge is 0.444 e. The van der Waals surface area contributed by atoms with E-state index in [4.69, 9.17) is 4.74 Å². The van der Waals surface area contributed by atoms with E-state index in [1.165, 1.54) is 0 Å². The summed E-state index contributed by atoms with van der Waals surface area (Å²) in [4.78, 5) is 29.6. The Hall–Kier alpha value is -2.82. The van der Waals surface area contributed by atoms with Crippen LogP contribution in [0.15, 0.2) is 60.7 Å². The van der Waals surface area contributed by atoms with E-state index in [1.54, 1.807) is 4.90 Å². The van der Waals surface area contributed by atoms with Crippen molar-refractivity contribution in [2.45, 2.75) is 52.3 Å². The van der Waals surface area contributed by atoms with Crippen molar-refractivity contribution in [3.05, 3.63) is 71.8 Å². The Morgan fingerprint density at radius 2 is 1.50 bits per heavy atom. The lowest BCUT2D eigenvalue weighted by molar-refractivity contribution is -0.138. The molecule has 1 atom stereocenters. The summed E-state index contributed by atoms with van der Waals surface area (Å²) >= 11 is 0. The minimum Gasteiger partial charge on any atom is -0.444 e. The summed E-state index contributed by atoms with van der Waals surface area (Å²) in [6.45, 7) is 7.73. The fourth-order valence-electron chi connectivity index (χ4n) is 3.75. The lowest BCUT2D eigenvalue weighted by atomic mass is 9.96. The van der Waals surface area contributed by atoms with E-state index >= 15 is 0 Å². The highest BCUT2D eigenvalue weighted by molar-refractivity contribution is 5.80. The summed E-state index contributed by atoms with van der Waals surface area (Å²) in [7, 11) is 0. The number of benzene rings is 2. The number of likely N-dealkylation sites (tertiary alicyclic amines) is 1. The molecule has 0 N–H and O–H groups in total. The molecule has 1 aliphatic heterocycles. The number of nitrogens with zero attached hydrogens (tertiary/aromatic N) is 2. The minimum atomic E-state index is -0.541. The summed E-state index contributed by atoms with van der Waals surface area (Å²) in [6.07, 6.45) is 1.26. The second-order valence-corrected chi connectivity index (χ2v) is 8.93. The number of carbonyl (C=O) groups excluding carboxylic acids is 2.